The molecule has 128 valence electrons. The maximum absolute atomic E-state index is 12.7. The van der Waals surface area contributed by atoms with Gasteiger partial charge in [0.2, 0.25) is 0 Å². The molecule has 1 aromatic carbocycles. The first-order valence-corrected chi connectivity index (χ1v) is 8.48. The second-order valence-corrected chi connectivity index (χ2v) is 7.07. The summed E-state index contributed by atoms with van der Waals surface area (Å²) >= 11 is 0. The molecule has 1 aliphatic rings. The van der Waals surface area contributed by atoms with Gasteiger partial charge in [-0.1, -0.05) is 31.5 Å². The minimum Gasteiger partial charge on any atom is -0.396 e. The number of carbonyl (C=O) groups is 1. The van der Waals surface area contributed by atoms with Crippen LogP contribution in [0, 0.1) is 19.3 Å². The summed E-state index contributed by atoms with van der Waals surface area (Å²) in [6, 6.07) is 7.99. The number of carbonyl (C=O) groups excluding carboxylic acids is 1. The molecule has 0 bridgehead atoms. The minimum atomic E-state index is -0.227. The van der Waals surface area contributed by atoms with Crippen molar-refractivity contribution in [2.75, 3.05) is 6.61 Å². The van der Waals surface area contributed by atoms with Gasteiger partial charge in [-0.05, 0) is 38.3 Å². The third kappa shape index (κ3) is 2.84. The van der Waals surface area contributed by atoms with Gasteiger partial charge >= 0.3 is 0 Å². The second-order valence-electron chi connectivity index (χ2n) is 7.07. The molecule has 2 unspecified atom stereocenters. The first kappa shape index (κ1) is 16.7. The van der Waals surface area contributed by atoms with Gasteiger partial charge in [0.1, 0.15) is 0 Å². The smallest absolute Gasteiger partial charge is 0.254 e. The number of aliphatic hydroxyl groups excluding tert-OH is 1. The molecule has 1 heterocycles. The van der Waals surface area contributed by atoms with E-state index in [-0.39, 0.29) is 24.0 Å². The third-order valence-electron chi connectivity index (χ3n) is 5.35. The molecule has 1 aromatic heterocycles. The molecule has 24 heavy (non-hydrogen) atoms. The maximum Gasteiger partial charge on any atom is 0.254 e. The first-order chi connectivity index (χ1) is 11.5. The topological polar surface area (TPSA) is 67.2 Å². The Bertz CT molecular complexity index is 753. The average Bonchev–Trinajstić information content (AvgIpc) is 3.12. The number of hydrogen-bond donors (Lipinski definition) is 2. The lowest BCUT2D eigenvalue weighted by Gasteiger charge is -2.30. The molecule has 2 aromatic rings. The van der Waals surface area contributed by atoms with E-state index in [0.717, 1.165) is 36.2 Å². The van der Waals surface area contributed by atoms with E-state index in [1.165, 1.54) is 0 Å². The molecule has 1 saturated carbocycles. The molecule has 0 radical (unpaired) electrons. The van der Waals surface area contributed by atoms with Crippen molar-refractivity contribution in [1.82, 2.24) is 15.1 Å². The van der Waals surface area contributed by atoms with Crippen LogP contribution in [0.4, 0.5) is 0 Å². The lowest BCUT2D eigenvalue weighted by Crippen LogP contribution is -2.44. The number of aryl methyl sites for hydroxylation is 1. The highest BCUT2D eigenvalue weighted by Crippen LogP contribution is 2.37. The van der Waals surface area contributed by atoms with Crippen LogP contribution in [0.2, 0.25) is 0 Å². The summed E-state index contributed by atoms with van der Waals surface area (Å²) in [5.41, 5.74) is 3.28. The summed E-state index contributed by atoms with van der Waals surface area (Å²) < 4.78 is 1.81. The fourth-order valence-electron chi connectivity index (χ4n) is 3.58. The summed E-state index contributed by atoms with van der Waals surface area (Å²) in [6.07, 6.45) is 4.51. The van der Waals surface area contributed by atoms with Crippen LogP contribution < -0.4 is 5.32 Å². The largest absolute Gasteiger partial charge is 0.396 e. The zero-order valence-corrected chi connectivity index (χ0v) is 14.5. The lowest BCUT2D eigenvalue weighted by atomic mass is 9.85. The van der Waals surface area contributed by atoms with Gasteiger partial charge in [0.05, 0.1) is 29.7 Å². The van der Waals surface area contributed by atoms with Crippen LogP contribution >= 0.6 is 0 Å². The Balaban J connectivity index is 1.84. The Morgan fingerprint density at radius 2 is 2.17 bits per heavy atom. The lowest BCUT2D eigenvalue weighted by molar-refractivity contribution is 0.0830. The maximum atomic E-state index is 12.7. The van der Waals surface area contributed by atoms with Crippen LogP contribution in [-0.2, 0) is 0 Å². The third-order valence-corrected chi connectivity index (χ3v) is 5.35. The van der Waals surface area contributed by atoms with Crippen molar-refractivity contribution < 1.29 is 9.90 Å². The van der Waals surface area contributed by atoms with Crippen LogP contribution in [0.25, 0.3) is 5.69 Å². The molecule has 1 aliphatic carbocycles. The van der Waals surface area contributed by atoms with E-state index in [1.54, 1.807) is 6.20 Å². The molecule has 2 N–H and O–H groups in total. The van der Waals surface area contributed by atoms with Crippen LogP contribution in [-0.4, -0.2) is 33.4 Å². The summed E-state index contributed by atoms with van der Waals surface area (Å²) in [5, 5.41) is 17.2. The van der Waals surface area contributed by atoms with Gasteiger partial charge in [-0.15, -0.1) is 0 Å². The van der Waals surface area contributed by atoms with Crippen LogP contribution in [0.5, 0.6) is 0 Å². The van der Waals surface area contributed by atoms with Crippen molar-refractivity contribution in [3.63, 3.8) is 0 Å². The normalized spacial score (nSPS) is 23.4. The van der Waals surface area contributed by atoms with E-state index >= 15 is 0 Å². The summed E-state index contributed by atoms with van der Waals surface area (Å²) in [7, 11) is 0. The molecule has 1 fully saturated rings. The van der Waals surface area contributed by atoms with E-state index in [1.807, 2.05) is 49.7 Å². The van der Waals surface area contributed by atoms with Crippen LogP contribution in [0.3, 0.4) is 0 Å². The van der Waals surface area contributed by atoms with Crippen molar-refractivity contribution in [2.45, 2.75) is 46.1 Å². The number of amides is 1. The molecule has 0 aliphatic heterocycles. The van der Waals surface area contributed by atoms with E-state index in [2.05, 4.69) is 10.4 Å². The number of benzene rings is 1. The minimum absolute atomic E-state index is 0.0104. The predicted molar refractivity (Wildman–Crippen MR) is 93.3 cm³/mol. The average molecular weight is 327 g/mol. The Morgan fingerprint density at radius 3 is 2.88 bits per heavy atom. The van der Waals surface area contributed by atoms with Gasteiger partial charge in [-0.3, -0.25) is 4.79 Å². The number of hydrogen-bond acceptors (Lipinski definition) is 3. The summed E-state index contributed by atoms with van der Waals surface area (Å²) in [6.45, 7) is 6.07. The van der Waals surface area contributed by atoms with Crippen molar-refractivity contribution in [3.8, 4) is 5.69 Å². The van der Waals surface area contributed by atoms with Gasteiger partial charge in [0.15, 0.2) is 0 Å². The number of nitrogens with one attached hydrogen (secondary N) is 1. The van der Waals surface area contributed by atoms with Gasteiger partial charge in [0.25, 0.3) is 5.91 Å². The molecule has 2 atom stereocenters. The molecule has 1 amide bonds. The Morgan fingerprint density at radius 1 is 1.42 bits per heavy atom. The van der Waals surface area contributed by atoms with Gasteiger partial charge < -0.3 is 10.4 Å². The van der Waals surface area contributed by atoms with Gasteiger partial charge in [0, 0.05) is 11.5 Å². The predicted octanol–water partition coefficient (Wildman–Crippen LogP) is 2.77. The molecular weight excluding hydrogens is 302 g/mol. The zero-order chi connectivity index (χ0) is 17.3. The number of nitrogens with zero attached hydrogens (tertiary/aromatic N) is 2. The number of rotatable bonds is 4. The monoisotopic (exact) mass is 327 g/mol. The Labute approximate surface area is 142 Å². The highest BCUT2D eigenvalue weighted by molar-refractivity contribution is 5.95. The number of para-hydroxylation sites is 1. The molecule has 5 nitrogen and oxygen atoms in total. The van der Waals surface area contributed by atoms with Gasteiger partial charge in [-0.25, -0.2) is 4.68 Å². The van der Waals surface area contributed by atoms with Crippen molar-refractivity contribution in [1.29, 1.82) is 0 Å². The van der Waals surface area contributed by atoms with E-state index in [4.69, 9.17) is 0 Å². The van der Waals surface area contributed by atoms with E-state index in [9.17, 15) is 9.90 Å². The zero-order valence-electron chi connectivity index (χ0n) is 14.5. The molecule has 0 spiro atoms. The standard InChI is InChI=1S/C19H25N3O2/c1-13-7-4-5-8-16(13)22-14(2)15(11-20-22)18(24)21-17-9-6-10-19(17,3)12-23/h4-5,7-8,11,17,23H,6,9-10,12H2,1-3H3,(H,21,24). The molecule has 0 saturated heterocycles. The fraction of sp³-hybridized carbons (Fsp3) is 0.474. The number of aliphatic hydroxyl groups is 1. The van der Waals surface area contributed by atoms with E-state index in [0.29, 0.717) is 5.56 Å². The van der Waals surface area contributed by atoms with Gasteiger partial charge in [-0.2, -0.15) is 5.10 Å². The van der Waals surface area contributed by atoms with Crippen LogP contribution in [0.15, 0.2) is 30.5 Å². The molecule has 5 heteroatoms. The van der Waals surface area contributed by atoms with Crippen LogP contribution in [0.1, 0.15) is 47.8 Å². The number of aromatic nitrogens is 2. The fourth-order valence-corrected chi connectivity index (χ4v) is 3.58. The molecule has 3 rings (SSSR count). The SMILES string of the molecule is Cc1ccccc1-n1ncc(C(=O)NC2CCCC2(C)CO)c1C. The highest BCUT2D eigenvalue weighted by atomic mass is 16.3. The Hall–Kier alpha value is -2.14. The van der Waals surface area contributed by atoms with Crippen molar-refractivity contribution >= 4 is 5.91 Å². The van der Waals surface area contributed by atoms with Crippen molar-refractivity contribution in [2.24, 2.45) is 5.41 Å². The molecular formula is C19H25N3O2. The first-order valence-electron chi connectivity index (χ1n) is 8.48. The van der Waals surface area contributed by atoms with Crippen molar-refractivity contribution in [3.05, 3.63) is 47.3 Å². The second kappa shape index (κ2) is 6.40. The van der Waals surface area contributed by atoms with E-state index < -0.39 is 0 Å². The summed E-state index contributed by atoms with van der Waals surface area (Å²) in [5.74, 6) is -0.112. The quantitative estimate of drug-likeness (QED) is 0.907. The Kier molecular flexibility index (Phi) is 4.45. The summed E-state index contributed by atoms with van der Waals surface area (Å²) in [4.78, 5) is 12.7. The highest BCUT2D eigenvalue weighted by Gasteiger charge is 2.39.